The molecule has 0 amide bonds. The van der Waals surface area contributed by atoms with Crippen molar-refractivity contribution in [3.63, 3.8) is 0 Å². The molecule has 0 saturated carbocycles. The average molecular weight is 230 g/mol. The molecule has 17 heavy (non-hydrogen) atoms. The second-order valence-electron chi connectivity index (χ2n) is 4.29. The van der Waals surface area contributed by atoms with Crippen LogP contribution >= 0.6 is 0 Å². The molecule has 1 unspecified atom stereocenters. The van der Waals surface area contributed by atoms with Crippen LogP contribution in [0.5, 0.6) is 0 Å². The van der Waals surface area contributed by atoms with Crippen LogP contribution in [0.4, 0.5) is 0 Å². The molecule has 0 aliphatic rings. The van der Waals surface area contributed by atoms with Crippen molar-refractivity contribution in [1.82, 2.24) is 10.3 Å². The van der Waals surface area contributed by atoms with Crippen molar-refractivity contribution < 1.29 is 0 Å². The third kappa shape index (κ3) is 4.20. The molecule has 0 bridgehead atoms. The summed E-state index contributed by atoms with van der Waals surface area (Å²) in [6.07, 6.45) is 3.88. The van der Waals surface area contributed by atoms with Crippen LogP contribution in [-0.4, -0.2) is 11.5 Å². The predicted octanol–water partition coefficient (Wildman–Crippen LogP) is 3.15. The van der Waals surface area contributed by atoms with E-state index in [9.17, 15) is 0 Å². The van der Waals surface area contributed by atoms with Gasteiger partial charge in [-0.05, 0) is 44.9 Å². The van der Waals surface area contributed by atoms with Crippen LogP contribution in [0.1, 0.15) is 49.6 Å². The summed E-state index contributed by atoms with van der Waals surface area (Å²) >= 11 is 0. The van der Waals surface area contributed by atoms with Gasteiger partial charge in [-0.25, -0.2) is 0 Å². The number of nitrogens with one attached hydrogen (secondary N) is 1. The first-order chi connectivity index (χ1) is 8.19. The molecule has 2 heteroatoms. The maximum Gasteiger partial charge on any atom is 0.0602 e. The molecular weight excluding hydrogens is 208 g/mol. The standard InChI is InChI=1S/C15H22N2/c1-5-7-8-9-14(16-6-2)15-13(4)10-12(3)11-17-15/h10-11,14,16H,6,8-9H2,1-4H3. The summed E-state index contributed by atoms with van der Waals surface area (Å²) in [6.45, 7) is 9.18. The SMILES string of the molecule is CC#CCCC(NCC)c1ncc(C)cc1C. The lowest BCUT2D eigenvalue weighted by molar-refractivity contribution is 0.508. The van der Waals surface area contributed by atoms with Gasteiger partial charge in [0.1, 0.15) is 0 Å². The molecule has 0 aromatic carbocycles. The lowest BCUT2D eigenvalue weighted by Gasteiger charge is -2.18. The Morgan fingerprint density at radius 2 is 2.18 bits per heavy atom. The van der Waals surface area contributed by atoms with Crippen LogP contribution in [0, 0.1) is 25.7 Å². The van der Waals surface area contributed by atoms with Crippen LogP contribution in [-0.2, 0) is 0 Å². The van der Waals surface area contributed by atoms with Crippen LogP contribution in [0.15, 0.2) is 12.3 Å². The first-order valence-electron chi connectivity index (χ1n) is 6.25. The lowest BCUT2D eigenvalue weighted by Crippen LogP contribution is -2.22. The summed E-state index contributed by atoms with van der Waals surface area (Å²) in [6, 6.07) is 2.51. The van der Waals surface area contributed by atoms with Crippen molar-refractivity contribution in [2.75, 3.05) is 6.54 Å². The van der Waals surface area contributed by atoms with Crippen LogP contribution in [0.25, 0.3) is 0 Å². The molecule has 0 radical (unpaired) electrons. The topological polar surface area (TPSA) is 24.9 Å². The minimum atomic E-state index is 0.321. The number of aryl methyl sites for hydroxylation is 2. The Kier molecular flexibility index (Phi) is 5.72. The molecule has 1 rings (SSSR count). The van der Waals surface area contributed by atoms with Gasteiger partial charge in [-0.15, -0.1) is 11.8 Å². The largest absolute Gasteiger partial charge is 0.309 e. The Morgan fingerprint density at radius 1 is 1.41 bits per heavy atom. The fraction of sp³-hybridized carbons (Fsp3) is 0.533. The quantitative estimate of drug-likeness (QED) is 0.786. The van der Waals surface area contributed by atoms with Crippen molar-refractivity contribution in [1.29, 1.82) is 0 Å². The molecule has 1 atom stereocenters. The van der Waals surface area contributed by atoms with Gasteiger partial charge in [0.15, 0.2) is 0 Å². The molecule has 92 valence electrons. The second-order valence-corrected chi connectivity index (χ2v) is 4.29. The summed E-state index contributed by atoms with van der Waals surface area (Å²) in [4.78, 5) is 4.56. The molecular formula is C15H22N2. The van der Waals surface area contributed by atoms with Crippen molar-refractivity contribution in [3.05, 3.63) is 29.1 Å². The zero-order chi connectivity index (χ0) is 12.7. The molecule has 0 aliphatic heterocycles. The molecule has 1 aromatic rings. The van der Waals surface area contributed by atoms with Gasteiger partial charge in [0.05, 0.1) is 11.7 Å². The Bertz CT molecular complexity index is 413. The van der Waals surface area contributed by atoms with E-state index >= 15 is 0 Å². The summed E-state index contributed by atoms with van der Waals surface area (Å²) < 4.78 is 0. The van der Waals surface area contributed by atoms with Crippen LogP contribution in [0.2, 0.25) is 0 Å². The molecule has 1 N–H and O–H groups in total. The first-order valence-corrected chi connectivity index (χ1v) is 6.25. The van der Waals surface area contributed by atoms with E-state index in [4.69, 9.17) is 0 Å². The molecule has 0 fully saturated rings. The smallest absolute Gasteiger partial charge is 0.0602 e. The van der Waals surface area contributed by atoms with Crippen LogP contribution < -0.4 is 5.32 Å². The van der Waals surface area contributed by atoms with E-state index < -0.39 is 0 Å². The zero-order valence-electron chi connectivity index (χ0n) is 11.3. The van der Waals surface area contributed by atoms with Gasteiger partial charge in [-0.2, -0.15) is 0 Å². The first kappa shape index (κ1) is 13.7. The van der Waals surface area contributed by atoms with E-state index in [1.165, 1.54) is 11.1 Å². The van der Waals surface area contributed by atoms with E-state index in [2.05, 4.69) is 49.0 Å². The average Bonchev–Trinajstić information content (AvgIpc) is 2.28. The van der Waals surface area contributed by atoms with E-state index in [0.29, 0.717) is 6.04 Å². The number of hydrogen-bond acceptors (Lipinski definition) is 2. The van der Waals surface area contributed by atoms with Gasteiger partial charge in [-0.3, -0.25) is 4.98 Å². The van der Waals surface area contributed by atoms with Crippen molar-refractivity contribution in [2.45, 2.75) is 46.6 Å². The van der Waals surface area contributed by atoms with Gasteiger partial charge in [0.2, 0.25) is 0 Å². The van der Waals surface area contributed by atoms with Gasteiger partial charge in [0, 0.05) is 12.6 Å². The highest BCUT2D eigenvalue weighted by Crippen LogP contribution is 2.20. The third-order valence-electron chi connectivity index (χ3n) is 2.77. The summed E-state index contributed by atoms with van der Waals surface area (Å²) in [5.41, 5.74) is 3.64. The number of nitrogens with zero attached hydrogens (tertiary/aromatic N) is 1. The molecule has 2 nitrogen and oxygen atoms in total. The third-order valence-corrected chi connectivity index (χ3v) is 2.77. The molecule has 1 aromatic heterocycles. The lowest BCUT2D eigenvalue weighted by atomic mass is 10.0. The number of aromatic nitrogens is 1. The van der Waals surface area contributed by atoms with Gasteiger partial charge < -0.3 is 5.32 Å². The zero-order valence-corrected chi connectivity index (χ0v) is 11.3. The van der Waals surface area contributed by atoms with Crippen molar-refractivity contribution >= 4 is 0 Å². The predicted molar refractivity (Wildman–Crippen MR) is 72.8 cm³/mol. The number of rotatable bonds is 5. The van der Waals surface area contributed by atoms with Crippen LogP contribution in [0.3, 0.4) is 0 Å². The normalized spacial score (nSPS) is 11.8. The summed E-state index contributed by atoms with van der Waals surface area (Å²) in [7, 11) is 0. The Hall–Kier alpha value is -1.33. The minimum Gasteiger partial charge on any atom is -0.309 e. The van der Waals surface area contributed by atoms with Crippen molar-refractivity contribution in [3.8, 4) is 11.8 Å². The number of pyridine rings is 1. The van der Waals surface area contributed by atoms with Gasteiger partial charge in [-0.1, -0.05) is 13.0 Å². The molecule has 0 aliphatic carbocycles. The monoisotopic (exact) mass is 230 g/mol. The fourth-order valence-corrected chi connectivity index (χ4v) is 2.01. The molecule has 1 heterocycles. The van der Waals surface area contributed by atoms with Gasteiger partial charge in [0.25, 0.3) is 0 Å². The molecule has 0 saturated heterocycles. The van der Waals surface area contributed by atoms with E-state index in [1.807, 2.05) is 13.1 Å². The van der Waals surface area contributed by atoms with Crippen molar-refractivity contribution in [2.24, 2.45) is 0 Å². The Balaban J connectivity index is 2.83. The molecule has 0 spiro atoms. The fourth-order valence-electron chi connectivity index (χ4n) is 2.01. The maximum absolute atomic E-state index is 4.56. The van der Waals surface area contributed by atoms with Gasteiger partial charge >= 0.3 is 0 Å². The van der Waals surface area contributed by atoms with E-state index in [0.717, 1.165) is 25.1 Å². The highest BCUT2D eigenvalue weighted by molar-refractivity contribution is 5.25. The maximum atomic E-state index is 4.56. The van der Waals surface area contributed by atoms with E-state index in [-0.39, 0.29) is 0 Å². The minimum absolute atomic E-state index is 0.321. The second kappa shape index (κ2) is 7.09. The highest BCUT2D eigenvalue weighted by atomic mass is 14.9. The summed E-state index contributed by atoms with van der Waals surface area (Å²) in [5, 5.41) is 3.49. The number of hydrogen-bond donors (Lipinski definition) is 1. The Morgan fingerprint density at radius 3 is 2.76 bits per heavy atom. The Labute approximate surface area is 105 Å². The summed E-state index contributed by atoms with van der Waals surface area (Å²) in [5.74, 6) is 6.06. The highest BCUT2D eigenvalue weighted by Gasteiger charge is 2.13. The van der Waals surface area contributed by atoms with E-state index in [1.54, 1.807) is 0 Å².